The number of aryl methyl sites for hydroxylation is 1. The lowest BCUT2D eigenvalue weighted by atomic mass is 9.74. The van der Waals surface area contributed by atoms with E-state index in [0.717, 1.165) is 31.2 Å². The van der Waals surface area contributed by atoms with E-state index in [2.05, 4.69) is 43.0 Å². The number of carbonyl (C=O) groups is 1. The molecule has 1 aromatic heterocycles. The first-order chi connectivity index (χ1) is 13.9. The van der Waals surface area contributed by atoms with Gasteiger partial charge in [0.1, 0.15) is 0 Å². The van der Waals surface area contributed by atoms with E-state index in [0.29, 0.717) is 29.0 Å². The van der Waals surface area contributed by atoms with Gasteiger partial charge in [-0.25, -0.2) is 0 Å². The Kier molecular flexibility index (Phi) is 5.80. The monoisotopic (exact) mass is 394 g/mol. The Morgan fingerprint density at radius 2 is 1.62 bits per heavy atom. The van der Waals surface area contributed by atoms with E-state index in [-0.39, 0.29) is 5.91 Å². The second kappa shape index (κ2) is 8.33. The van der Waals surface area contributed by atoms with Gasteiger partial charge in [-0.2, -0.15) is 0 Å². The van der Waals surface area contributed by atoms with Gasteiger partial charge >= 0.3 is 0 Å². The molecule has 0 N–H and O–H groups in total. The van der Waals surface area contributed by atoms with Crippen LogP contribution in [0.5, 0.6) is 0 Å². The topological polar surface area (TPSA) is 46.3 Å². The average molecular weight is 395 g/mol. The molecule has 4 nitrogen and oxygen atoms in total. The van der Waals surface area contributed by atoms with Gasteiger partial charge in [0.05, 0.1) is 0 Å². The van der Waals surface area contributed by atoms with Crippen molar-refractivity contribution in [2.45, 2.75) is 90.6 Å². The van der Waals surface area contributed by atoms with Crippen LogP contribution in [0.25, 0.3) is 11.3 Å². The summed E-state index contributed by atoms with van der Waals surface area (Å²) in [6.45, 7) is 6.76. The summed E-state index contributed by atoms with van der Waals surface area (Å²) in [7, 11) is 0. The third-order valence-corrected chi connectivity index (χ3v) is 6.97. The molecular weight excluding hydrogens is 360 g/mol. The maximum absolute atomic E-state index is 13.6. The minimum absolute atomic E-state index is 0.0590. The van der Waals surface area contributed by atoms with Crippen LogP contribution >= 0.6 is 0 Å². The minimum Gasteiger partial charge on any atom is -0.355 e. The van der Waals surface area contributed by atoms with Gasteiger partial charge in [0.25, 0.3) is 5.91 Å². The molecule has 2 aliphatic rings. The summed E-state index contributed by atoms with van der Waals surface area (Å²) >= 11 is 0. The second-order valence-corrected chi connectivity index (χ2v) is 9.84. The van der Waals surface area contributed by atoms with Crippen molar-refractivity contribution in [3.8, 4) is 11.3 Å². The van der Waals surface area contributed by atoms with Gasteiger partial charge in [-0.05, 0) is 50.9 Å². The van der Waals surface area contributed by atoms with Gasteiger partial charge in [-0.3, -0.25) is 4.79 Å². The number of benzene rings is 1. The molecule has 2 aliphatic carbocycles. The third kappa shape index (κ3) is 4.57. The third-order valence-electron chi connectivity index (χ3n) is 6.97. The fourth-order valence-electron chi connectivity index (χ4n) is 5.01. The molecule has 156 valence electrons. The Morgan fingerprint density at radius 3 is 2.28 bits per heavy atom. The van der Waals surface area contributed by atoms with E-state index >= 15 is 0 Å². The molecule has 0 unspecified atom stereocenters. The van der Waals surface area contributed by atoms with Gasteiger partial charge < -0.3 is 9.42 Å². The molecule has 0 aliphatic heterocycles. The van der Waals surface area contributed by atoms with Crippen LogP contribution in [0.2, 0.25) is 0 Å². The first kappa shape index (κ1) is 20.2. The van der Waals surface area contributed by atoms with E-state index in [1.165, 1.54) is 37.7 Å². The van der Waals surface area contributed by atoms with Crippen LogP contribution < -0.4 is 0 Å². The Balaban J connectivity index is 1.57. The predicted molar refractivity (Wildman–Crippen MR) is 116 cm³/mol. The summed E-state index contributed by atoms with van der Waals surface area (Å²) in [5.74, 6) is 0.727. The van der Waals surface area contributed by atoms with E-state index in [1.54, 1.807) is 0 Å². The van der Waals surface area contributed by atoms with E-state index in [9.17, 15) is 4.79 Å². The van der Waals surface area contributed by atoms with Crippen LogP contribution in [-0.4, -0.2) is 28.0 Å². The molecule has 1 amide bonds. The molecule has 2 aromatic rings. The summed E-state index contributed by atoms with van der Waals surface area (Å²) in [6, 6.07) is 10.7. The van der Waals surface area contributed by atoms with E-state index in [4.69, 9.17) is 4.52 Å². The Morgan fingerprint density at radius 1 is 1.00 bits per heavy atom. The largest absolute Gasteiger partial charge is 0.355 e. The molecule has 4 heteroatoms. The fourth-order valence-corrected chi connectivity index (χ4v) is 5.01. The van der Waals surface area contributed by atoms with Crippen molar-refractivity contribution < 1.29 is 9.32 Å². The first-order valence-corrected chi connectivity index (χ1v) is 11.3. The van der Waals surface area contributed by atoms with Crippen LogP contribution in [0.4, 0.5) is 0 Å². The van der Waals surface area contributed by atoms with Crippen molar-refractivity contribution in [3.63, 3.8) is 0 Å². The van der Waals surface area contributed by atoms with Gasteiger partial charge in [-0.15, -0.1) is 0 Å². The average Bonchev–Trinajstić information content (AvgIpc) is 3.21. The second-order valence-electron chi connectivity index (χ2n) is 9.84. The molecule has 29 heavy (non-hydrogen) atoms. The lowest BCUT2D eigenvalue weighted by Gasteiger charge is -2.44. The molecule has 0 atom stereocenters. The van der Waals surface area contributed by atoms with Crippen molar-refractivity contribution in [1.29, 1.82) is 0 Å². The normalized spacial score (nSPS) is 20.5. The zero-order chi connectivity index (χ0) is 20.4. The summed E-state index contributed by atoms with van der Waals surface area (Å²) in [5.41, 5.74) is 3.01. The van der Waals surface area contributed by atoms with Crippen molar-refractivity contribution in [1.82, 2.24) is 10.1 Å². The van der Waals surface area contributed by atoms with Crippen molar-refractivity contribution >= 4 is 5.91 Å². The highest BCUT2D eigenvalue weighted by atomic mass is 16.5. The van der Waals surface area contributed by atoms with Crippen LogP contribution in [0.3, 0.4) is 0 Å². The van der Waals surface area contributed by atoms with Gasteiger partial charge in [0.15, 0.2) is 11.5 Å². The Labute approximate surface area is 174 Å². The smallest absolute Gasteiger partial charge is 0.276 e. The Hall–Kier alpha value is -2.10. The lowest BCUT2D eigenvalue weighted by molar-refractivity contribution is 0.0351. The van der Waals surface area contributed by atoms with Crippen LogP contribution in [0, 0.1) is 12.3 Å². The molecule has 2 fully saturated rings. The van der Waals surface area contributed by atoms with Crippen molar-refractivity contribution in [2.75, 3.05) is 0 Å². The molecule has 0 saturated heterocycles. The summed E-state index contributed by atoms with van der Waals surface area (Å²) < 4.78 is 5.57. The van der Waals surface area contributed by atoms with Crippen LogP contribution in [-0.2, 0) is 0 Å². The zero-order valence-electron chi connectivity index (χ0n) is 18.1. The Bertz CT molecular complexity index is 821. The van der Waals surface area contributed by atoms with Gasteiger partial charge in [0.2, 0.25) is 0 Å². The molecule has 0 bridgehead atoms. The lowest BCUT2D eigenvalue weighted by Crippen LogP contribution is -2.50. The molecule has 1 aromatic carbocycles. The summed E-state index contributed by atoms with van der Waals surface area (Å²) in [6.07, 6.45) is 10.5. The molecule has 2 saturated carbocycles. The summed E-state index contributed by atoms with van der Waals surface area (Å²) in [4.78, 5) is 15.8. The maximum Gasteiger partial charge on any atom is 0.276 e. The number of nitrogens with zero attached hydrogens (tertiary/aromatic N) is 2. The number of aromatic nitrogens is 1. The quantitative estimate of drug-likeness (QED) is 0.603. The zero-order valence-corrected chi connectivity index (χ0v) is 18.1. The number of hydrogen-bond acceptors (Lipinski definition) is 3. The SMILES string of the molecule is Cc1ccc(-c2cc(C(=O)N(C3CCCCC3)C3CCC(C)(C)CC3)no2)cc1. The summed E-state index contributed by atoms with van der Waals surface area (Å²) in [5, 5.41) is 4.19. The molecule has 0 spiro atoms. The van der Waals surface area contributed by atoms with Crippen molar-refractivity contribution in [3.05, 3.63) is 41.6 Å². The van der Waals surface area contributed by atoms with Gasteiger partial charge in [-0.1, -0.05) is 68.1 Å². The highest BCUT2D eigenvalue weighted by molar-refractivity contribution is 5.93. The number of hydrogen-bond donors (Lipinski definition) is 0. The predicted octanol–water partition coefficient (Wildman–Crippen LogP) is 6.39. The van der Waals surface area contributed by atoms with Crippen molar-refractivity contribution in [2.24, 2.45) is 5.41 Å². The van der Waals surface area contributed by atoms with Crippen LogP contribution in [0.1, 0.15) is 87.7 Å². The van der Waals surface area contributed by atoms with E-state index in [1.807, 2.05) is 18.2 Å². The molecule has 4 rings (SSSR count). The number of carbonyl (C=O) groups excluding carboxylic acids is 1. The minimum atomic E-state index is 0.0590. The van der Waals surface area contributed by atoms with Gasteiger partial charge in [0, 0.05) is 23.7 Å². The van der Waals surface area contributed by atoms with Crippen LogP contribution in [0.15, 0.2) is 34.9 Å². The molecular formula is C25H34N2O2. The highest BCUT2D eigenvalue weighted by Gasteiger charge is 2.37. The molecule has 1 heterocycles. The standard InChI is InChI=1S/C25H34N2O2/c1-18-9-11-19(12-10-18)23-17-22(26-29-23)24(28)27(20-7-5-4-6-8-20)21-13-15-25(2,3)16-14-21/h9-12,17,20-21H,4-8,13-16H2,1-3H3. The fraction of sp³-hybridized carbons (Fsp3) is 0.600. The number of rotatable bonds is 4. The maximum atomic E-state index is 13.6. The van der Waals surface area contributed by atoms with E-state index < -0.39 is 0 Å². The first-order valence-electron chi connectivity index (χ1n) is 11.3. The molecule has 0 radical (unpaired) electrons. The number of amides is 1. The highest BCUT2D eigenvalue weighted by Crippen LogP contribution is 2.39.